The fourth-order valence-electron chi connectivity index (χ4n) is 1.67. The van der Waals surface area contributed by atoms with E-state index in [-0.39, 0.29) is 11.9 Å². The summed E-state index contributed by atoms with van der Waals surface area (Å²) in [7, 11) is 1.83. The SMILES string of the molecule is CNC(c1ccc(Br)o1)c1ccc(F)cc1Br. The second kappa shape index (κ2) is 5.33. The maximum absolute atomic E-state index is 13.0. The molecule has 0 aliphatic heterocycles. The van der Waals surface area contributed by atoms with Gasteiger partial charge in [0.1, 0.15) is 11.6 Å². The van der Waals surface area contributed by atoms with E-state index in [1.54, 1.807) is 6.07 Å². The average molecular weight is 363 g/mol. The van der Waals surface area contributed by atoms with Gasteiger partial charge >= 0.3 is 0 Å². The molecular formula is C12H10Br2FNO. The molecule has 1 unspecified atom stereocenters. The van der Waals surface area contributed by atoms with Crippen molar-refractivity contribution in [1.29, 1.82) is 0 Å². The summed E-state index contributed by atoms with van der Waals surface area (Å²) in [5.74, 6) is 0.503. The van der Waals surface area contributed by atoms with Crippen molar-refractivity contribution in [3.8, 4) is 0 Å². The highest BCUT2D eigenvalue weighted by Gasteiger charge is 2.18. The van der Waals surface area contributed by atoms with Crippen molar-refractivity contribution < 1.29 is 8.81 Å². The third-order valence-corrected chi connectivity index (χ3v) is 3.55. The van der Waals surface area contributed by atoms with Crippen molar-refractivity contribution in [3.63, 3.8) is 0 Å². The van der Waals surface area contributed by atoms with Gasteiger partial charge in [-0.15, -0.1) is 0 Å². The molecule has 1 N–H and O–H groups in total. The highest BCUT2D eigenvalue weighted by Crippen LogP contribution is 2.30. The first-order valence-electron chi connectivity index (χ1n) is 4.99. The summed E-state index contributed by atoms with van der Waals surface area (Å²) >= 11 is 6.63. The minimum atomic E-state index is -0.267. The zero-order valence-electron chi connectivity index (χ0n) is 9.01. The van der Waals surface area contributed by atoms with Crippen LogP contribution in [0, 0.1) is 5.82 Å². The first-order valence-corrected chi connectivity index (χ1v) is 6.58. The molecule has 0 radical (unpaired) electrons. The van der Waals surface area contributed by atoms with Gasteiger partial charge in [-0.1, -0.05) is 22.0 Å². The lowest BCUT2D eigenvalue weighted by molar-refractivity contribution is 0.446. The van der Waals surface area contributed by atoms with Gasteiger partial charge in [0.25, 0.3) is 0 Å². The molecular weight excluding hydrogens is 353 g/mol. The predicted molar refractivity (Wildman–Crippen MR) is 71.4 cm³/mol. The van der Waals surface area contributed by atoms with Crippen molar-refractivity contribution in [2.24, 2.45) is 0 Å². The molecule has 0 amide bonds. The van der Waals surface area contributed by atoms with Gasteiger partial charge in [0.15, 0.2) is 4.67 Å². The Bertz CT molecular complexity index is 527. The molecule has 0 bridgehead atoms. The van der Waals surface area contributed by atoms with E-state index >= 15 is 0 Å². The van der Waals surface area contributed by atoms with Gasteiger partial charge in [0.2, 0.25) is 0 Å². The van der Waals surface area contributed by atoms with Crippen molar-refractivity contribution in [3.05, 3.63) is 56.6 Å². The van der Waals surface area contributed by atoms with Gasteiger partial charge in [-0.05, 0) is 52.8 Å². The number of halogens is 3. The zero-order chi connectivity index (χ0) is 12.4. The molecule has 0 saturated carbocycles. The lowest BCUT2D eigenvalue weighted by atomic mass is 10.0. The van der Waals surface area contributed by atoms with E-state index in [1.807, 2.05) is 19.2 Å². The van der Waals surface area contributed by atoms with Crippen LogP contribution in [0.1, 0.15) is 17.4 Å². The average Bonchev–Trinajstić information content (AvgIpc) is 2.69. The molecule has 1 aromatic heterocycles. The van der Waals surface area contributed by atoms with E-state index in [0.717, 1.165) is 11.3 Å². The molecule has 17 heavy (non-hydrogen) atoms. The Morgan fingerprint density at radius 2 is 2.00 bits per heavy atom. The largest absolute Gasteiger partial charge is 0.452 e. The Kier molecular flexibility index (Phi) is 4.01. The van der Waals surface area contributed by atoms with Gasteiger partial charge in [-0.3, -0.25) is 0 Å². The Hall–Kier alpha value is -0.650. The molecule has 2 aromatic rings. The van der Waals surface area contributed by atoms with Gasteiger partial charge in [0.05, 0.1) is 6.04 Å². The van der Waals surface area contributed by atoms with Crippen LogP contribution in [0.2, 0.25) is 0 Å². The molecule has 1 aromatic carbocycles. The minimum absolute atomic E-state index is 0.115. The predicted octanol–water partition coefficient (Wildman–Crippen LogP) is 4.25. The lowest BCUT2D eigenvalue weighted by Crippen LogP contribution is -2.17. The maximum Gasteiger partial charge on any atom is 0.169 e. The lowest BCUT2D eigenvalue weighted by Gasteiger charge is -2.15. The quantitative estimate of drug-likeness (QED) is 0.882. The van der Waals surface area contributed by atoms with E-state index in [4.69, 9.17) is 4.42 Å². The second-order valence-electron chi connectivity index (χ2n) is 3.53. The molecule has 2 rings (SSSR count). The number of furan rings is 1. The molecule has 1 heterocycles. The zero-order valence-corrected chi connectivity index (χ0v) is 12.2. The smallest absolute Gasteiger partial charge is 0.169 e. The van der Waals surface area contributed by atoms with E-state index in [2.05, 4.69) is 37.2 Å². The summed E-state index contributed by atoms with van der Waals surface area (Å²) in [5, 5.41) is 3.14. The topological polar surface area (TPSA) is 25.2 Å². The summed E-state index contributed by atoms with van der Waals surface area (Å²) in [5.41, 5.74) is 0.927. The standard InChI is InChI=1S/C12H10Br2FNO/c1-16-12(10-4-5-11(14)17-10)8-3-2-7(15)6-9(8)13/h2-6,12,16H,1H3. The van der Waals surface area contributed by atoms with Crippen LogP contribution in [0.25, 0.3) is 0 Å². The number of nitrogens with one attached hydrogen (secondary N) is 1. The Balaban J connectivity index is 2.42. The molecule has 90 valence electrons. The molecule has 0 aliphatic rings. The molecule has 0 fully saturated rings. The number of rotatable bonds is 3. The number of benzene rings is 1. The monoisotopic (exact) mass is 361 g/mol. The van der Waals surface area contributed by atoms with Crippen LogP contribution in [-0.2, 0) is 0 Å². The fourth-order valence-corrected chi connectivity index (χ4v) is 2.57. The van der Waals surface area contributed by atoms with Crippen molar-refractivity contribution in [1.82, 2.24) is 5.32 Å². The highest BCUT2D eigenvalue weighted by molar-refractivity contribution is 9.10. The van der Waals surface area contributed by atoms with Gasteiger partial charge in [-0.25, -0.2) is 4.39 Å². The van der Waals surface area contributed by atoms with Crippen LogP contribution >= 0.6 is 31.9 Å². The molecule has 2 nitrogen and oxygen atoms in total. The minimum Gasteiger partial charge on any atom is -0.452 e. The molecule has 0 saturated heterocycles. The Morgan fingerprint density at radius 3 is 2.53 bits per heavy atom. The van der Waals surface area contributed by atoms with Gasteiger partial charge in [0, 0.05) is 4.47 Å². The third-order valence-electron chi connectivity index (χ3n) is 2.44. The van der Waals surface area contributed by atoms with Crippen LogP contribution in [0.3, 0.4) is 0 Å². The van der Waals surface area contributed by atoms with E-state index in [1.165, 1.54) is 12.1 Å². The summed E-state index contributed by atoms with van der Waals surface area (Å²) in [6.45, 7) is 0. The van der Waals surface area contributed by atoms with Crippen molar-refractivity contribution >= 4 is 31.9 Å². The van der Waals surface area contributed by atoms with E-state index in [0.29, 0.717) is 9.14 Å². The normalized spacial score (nSPS) is 12.7. The number of hydrogen-bond donors (Lipinski definition) is 1. The van der Waals surface area contributed by atoms with Gasteiger partial charge < -0.3 is 9.73 Å². The summed E-state index contributed by atoms with van der Waals surface area (Å²) < 4.78 is 19.9. The van der Waals surface area contributed by atoms with Crippen LogP contribution in [-0.4, -0.2) is 7.05 Å². The first kappa shape index (κ1) is 12.8. The Labute approximate surface area is 115 Å². The second-order valence-corrected chi connectivity index (χ2v) is 5.17. The van der Waals surface area contributed by atoms with Crippen molar-refractivity contribution in [2.45, 2.75) is 6.04 Å². The van der Waals surface area contributed by atoms with E-state index in [9.17, 15) is 4.39 Å². The maximum atomic E-state index is 13.0. The summed E-state index contributed by atoms with van der Waals surface area (Å²) in [6, 6.07) is 8.20. The van der Waals surface area contributed by atoms with Crippen LogP contribution < -0.4 is 5.32 Å². The third kappa shape index (κ3) is 2.78. The summed E-state index contributed by atoms with van der Waals surface area (Å²) in [4.78, 5) is 0. The van der Waals surface area contributed by atoms with Crippen LogP contribution in [0.15, 0.2) is 43.9 Å². The van der Waals surface area contributed by atoms with Crippen LogP contribution in [0.4, 0.5) is 4.39 Å². The van der Waals surface area contributed by atoms with E-state index < -0.39 is 0 Å². The molecule has 0 aliphatic carbocycles. The van der Waals surface area contributed by atoms with Crippen molar-refractivity contribution in [2.75, 3.05) is 7.05 Å². The summed E-state index contributed by atoms with van der Waals surface area (Å²) in [6.07, 6.45) is 0. The molecule has 1 atom stereocenters. The molecule has 0 spiro atoms. The highest BCUT2D eigenvalue weighted by atomic mass is 79.9. The first-order chi connectivity index (χ1) is 8.11. The van der Waals surface area contributed by atoms with Crippen LogP contribution in [0.5, 0.6) is 0 Å². The molecule has 5 heteroatoms. The van der Waals surface area contributed by atoms with Gasteiger partial charge in [-0.2, -0.15) is 0 Å². The Morgan fingerprint density at radius 1 is 1.24 bits per heavy atom. The number of hydrogen-bond acceptors (Lipinski definition) is 2. The fraction of sp³-hybridized carbons (Fsp3) is 0.167.